The molecule has 0 bridgehead atoms. The van der Waals surface area contributed by atoms with Crippen molar-refractivity contribution in [1.82, 2.24) is 10.3 Å². The Hall–Kier alpha value is -2.90. The summed E-state index contributed by atoms with van der Waals surface area (Å²) in [5, 5.41) is 3.23. The average Bonchev–Trinajstić information content (AvgIpc) is 2.74. The number of hydrogen-bond acceptors (Lipinski definition) is 4. The Bertz CT molecular complexity index is 904. The van der Waals surface area contributed by atoms with Gasteiger partial charge < -0.3 is 16.8 Å². The molecular formula is C23H27F3N4. The Balaban J connectivity index is 2.38. The maximum Gasteiger partial charge on any atom is 0.194 e. The van der Waals surface area contributed by atoms with Gasteiger partial charge in [0.15, 0.2) is 17.5 Å². The van der Waals surface area contributed by atoms with E-state index in [1.807, 2.05) is 6.07 Å². The van der Waals surface area contributed by atoms with Gasteiger partial charge in [0.05, 0.1) is 11.7 Å². The molecule has 30 heavy (non-hydrogen) atoms. The fourth-order valence-corrected chi connectivity index (χ4v) is 3.09. The summed E-state index contributed by atoms with van der Waals surface area (Å²) in [6, 6.07) is 2.99. The molecule has 2 unspecified atom stereocenters. The molecule has 2 aromatic rings. The first kappa shape index (κ1) is 23.4. The minimum Gasteiger partial charge on any atom is -0.380 e. The average molecular weight is 416 g/mol. The van der Waals surface area contributed by atoms with Gasteiger partial charge in [-0.15, -0.1) is 0 Å². The molecule has 0 saturated carbocycles. The van der Waals surface area contributed by atoms with Crippen LogP contribution in [0.3, 0.4) is 0 Å². The number of rotatable bonds is 11. The van der Waals surface area contributed by atoms with Crippen molar-refractivity contribution in [2.75, 3.05) is 6.54 Å². The van der Waals surface area contributed by atoms with E-state index in [4.69, 9.17) is 11.5 Å². The van der Waals surface area contributed by atoms with Crippen molar-refractivity contribution < 1.29 is 13.2 Å². The van der Waals surface area contributed by atoms with Crippen LogP contribution in [-0.2, 0) is 6.42 Å². The molecule has 0 aliphatic heterocycles. The Morgan fingerprint density at radius 3 is 2.37 bits per heavy atom. The number of hydrogen-bond donors (Lipinski definition) is 3. The number of benzene rings is 1. The first-order chi connectivity index (χ1) is 14.3. The zero-order valence-corrected chi connectivity index (χ0v) is 16.8. The number of nitrogens with two attached hydrogens (primary N) is 2. The molecule has 1 heterocycles. The molecular weight excluding hydrogens is 389 g/mol. The van der Waals surface area contributed by atoms with Crippen molar-refractivity contribution in [3.8, 4) is 0 Å². The van der Waals surface area contributed by atoms with Crippen molar-refractivity contribution in [2.24, 2.45) is 11.5 Å². The summed E-state index contributed by atoms with van der Waals surface area (Å²) >= 11 is 0. The van der Waals surface area contributed by atoms with Crippen molar-refractivity contribution in [2.45, 2.75) is 31.3 Å². The topological polar surface area (TPSA) is 77.0 Å². The van der Waals surface area contributed by atoms with Gasteiger partial charge in [-0.1, -0.05) is 25.8 Å². The number of aromatic nitrogens is 1. The molecule has 5 N–H and O–H groups in total. The first-order valence-electron chi connectivity index (χ1n) is 9.59. The normalized spacial score (nSPS) is 12.8. The molecule has 1 aromatic carbocycles. The standard InChI is InChI=1S/C23H27F3N4/c1-4-16-12-17(13-29-21(16)5-2)22(30-14(3)20(28)7-6-8-27)11-15-9-18(24)23(26)19(25)10-15/h4-5,9-10,12-13,20,22,30H,1-3,6-8,11,27-28H2. The van der Waals surface area contributed by atoms with Crippen molar-refractivity contribution >= 4 is 12.2 Å². The number of pyridine rings is 1. The zero-order valence-electron chi connectivity index (χ0n) is 16.8. The number of nitrogens with zero attached hydrogens (tertiary/aromatic N) is 1. The van der Waals surface area contributed by atoms with E-state index in [0.29, 0.717) is 24.4 Å². The maximum absolute atomic E-state index is 13.7. The monoisotopic (exact) mass is 416 g/mol. The highest BCUT2D eigenvalue weighted by Gasteiger charge is 2.19. The molecule has 0 aliphatic rings. The van der Waals surface area contributed by atoms with E-state index in [1.165, 1.54) is 0 Å². The van der Waals surface area contributed by atoms with Gasteiger partial charge in [-0.3, -0.25) is 4.98 Å². The quantitative estimate of drug-likeness (QED) is 0.479. The summed E-state index contributed by atoms with van der Waals surface area (Å²) in [4.78, 5) is 4.37. The van der Waals surface area contributed by atoms with Crippen LogP contribution in [0.15, 0.2) is 49.8 Å². The lowest BCUT2D eigenvalue weighted by atomic mass is 9.96. The van der Waals surface area contributed by atoms with Crippen LogP contribution < -0.4 is 16.8 Å². The number of nitrogens with one attached hydrogen (secondary N) is 1. The fourth-order valence-electron chi connectivity index (χ4n) is 3.09. The van der Waals surface area contributed by atoms with Gasteiger partial charge in [-0.25, -0.2) is 13.2 Å². The maximum atomic E-state index is 13.7. The van der Waals surface area contributed by atoms with E-state index in [0.717, 1.165) is 29.7 Å². The molecule has 0 radical (unpaired) electrons. The van der Waals surface area contributed by atoms with Gasteiger partial charge >= 0.3 is 0 Å². The van der Waals surface area contributed by atoms with Gasteiger partial charge in [-0.2, -0.15) is 0 Å². The minimum atomic E-state index is -1.50. The van der Waals surface area contributed by atoms with E-state index in [2.05, 4.69) is 30.0 Å². The Morgan fingerprint density at radius 2 is 1.80 bits per heavy atom. The first-order valence-corrected chi connectivity index (χ1v) is 9.59. The van der Waals surface area contributed by atoms with Crippen LogP contribution in [-0.4, -0.2) is 17.6 Å². The molecule has 0 saturated heterocycles. The van der Waals surface area contributed by atoms with Gasteiger partial charge in [0.1, 0.15) is 0 Å². The second-order valence-electron chi connectivity index (χ2n) is 6.99. The largest absolute Gasteiger partial charge is 0.380 e. The Morgan fingerprint density at radius 1 is 1.13 bits per heavy atom. The molecule has 2 atom stereocenters. The molecule has 1 aromatic heterocycles. The lowest BCUT2D eigenvalue weighted by Gasteiger charge is -2.25. The Kier molecular flexibility index (Phi) is 8.38. The second-order valence-corrected chi connectivity index (χ2v) is 6.99. The van der Waals surface area contributed by atoms with Gasteiger partial charge in [0.25, 0.3) is 0 Å². The highest BCUT2D eigenvalue weighted by molar-refractivity contribution is 5.61. The summed E-state index contributed by atoms with van der Waals surface area (Å²) in [5.74, 6) is -3.98. The van der Waals surface area contributed by atoms with Gasteiger partial charge in [0.2, 0.25) is 0 Å². The highest BCUT2D eigenvalue weighted by Crippen LogP contribution is 2.25. The van der Waals surface area contributed by atoms with Gasteiger partial charge in [-0.05, 0) is 66.8 Å². The van der Waals surface area contributed by atoms with Crippen molar-refractivity contribution in [3.63, 3.8) is 0 Å². The summed E-state index contributed by atoms with van der Waals surface area (Å²) in [6.07, 6.45) is 6.41. The third-order valence-corrected chi connectivity index (χ3v) is 4.80. The third kappa shape index (κ3) is 5.81. The van der Waals surface area contributed by atoms with Crippen LogP contribution >= 0.6 is 0 Å². The van der Waals surface area contributed by atoms with E-state index >= 15 is 0 Å². The SMILES string of the molecule is C=Cc1cc(C(Cc2cc(F)c(F)c(F)c2)NC(=C)C(N)CCCN)cnc1C=C. The van der Waals surface area contributed by atoms with E-state index in [9.17, 15) is 13.2 Å². The summed E-state index contributed by atoms with van der Waals surface area (Å²) in [7, 11) is 0. The summed E-state index contributed by atoms with van der Waals surface area (Å²) in [5.41, 5.74) is 14.7. The summed E-state index contributed by atoms with van der Waals surface area (Å²) < 4.78 is 40.8. The lowest BCUT2D eigenvalue weighted by Crippen LogP contribution is -2.34. The zero-order chi connectivity index (χ0) is 22.3. The number of halogens is 3. The van der Waals surface area contributed by atoms with Gasteiger partial charge in [0, 0.05) is 17.9 Å². The molecule has 2 rings (SSSR count). The second kappa shape index (κ2) is 10.8. The molecule has 0 fully saturated rings. The molecule has 4 nitrogen and oxygen atoms in total. The van der Waals surface area contributed by atoms with Crippen molar-refractivity contribution in [1.29, 1.82) is 0 Å². The Labute approximate surface area is 175 Å². The predicted octanol–water partition coefficient (Wildman–Crippen LogP) is 4.24. The predicted molar refractivity (Wildman–Crippen MR) is 116 cm³/mol. The van der Waals surface area contributed by atoms with E-state index < -0.39 is 23.5 Å². The summed E-state index contributed by atoms with van der Waals surface area (Å²) in [6.45, 7) is 12.0. The molecule has 0 amide bonds. The molecule has 0 aliphatic carbocycles. The molecule has 7 heteroatoms. The van der Waals surface area contributed by atoms with Crippen LogP contribution in [0, 0.1) is 17.5 Å². The van der Waals surface area contributed by atoms with Crippen molar-refractivity contribution in [3.05, 3.63) is 89.7 Å². The smallest absolute Gasteiger partial charge is 0.194 e. The molecule has 160 valence electrons. The van der Waals surface area contributed by atoms with Crippen LogP contribution in [0.25, 0.3) is 12.2 Å². The van der Waals surface area contributed by atoms with Crippen LogP contribution in [0.5, 0.6) is 0 Å². The lowest BCUT2D eigenvalue weighted by molar-refractivity contribution is 0.443. The third-order valence-electron chi connectivity index (χ3n) is 4.80. The van der Waals surface area contributed by atoms with E-state index in [-0.39, 0.29) is 18.0 Å². The minimum absolute atomic E-state index is 0.155. The highest BCUT2D eigenvalue weighted by atomic mass is 19.2. The molecule has 0 spiro atoms. The van der Waals surface area contributed by atoms with E-state index in [1.54, 1.807) is 18.3 Å². The van der Waals surface area contributed by atoms with Crippen LogP contribution in [0.1, 0.15) is 41.3 Å². The van der Waals surface area contributed by atoms with Crippen LogP contribution in [0.4, 0.5) is 13.2 Å². The fraction of sp³-hybridized carbons (Fsp3) is 0.261. The van der Waals surface area contributed by atoms with Crippen LogP contribution in [0.2, 0.25) is 0 Å².